The van der Waals surface area contributed by atoms with Crippen LogP contribution in [-0.4, -0.2) is 29.9 Å². The molecule has 3 aromatic carbocycles. The first-order valence-corrected chi connectivity index (χ1v) is 11.3. The molecule has 168 valence electrons. The molecule has 4 N–H and O–H groups in total. The van der Waals surface area contributed by atoms with E-state index in [1.54, 1.807) is 18.0 Å². The van der Waals surface area contributed by atoms with Crippen molar-refractivity contribution in [2.24, 2.45) is 10.7 Å². The summed E-state index contributed by atoms with van der Waals surface area (Å²) in [5.41, 5.74) is 10.8. The van der Waals surface area contributed by atoms with Crippen LogP contribution in [0.25, 0.3) is 0 Å². The zero-order valence-electron chi connectivity index (χ0n) is 18.1. The quantitative estimate of drug-likeness (QED) is 0.489. The van der Waals surface area contributed by atoms with Crippen molar-refractivity contribution in [3.8, 4) is 0 Å². The Balaban J connectivity index is 1.59. The van der Waals surface area contributed by atoms with Crippen molar-refractivity contribution in [1.82, 2.24) is 10.6 Å². The molecule has 0 bridgehead atoms. The molecular weight excluding hydrogens is 454 g/mol. The predicted octanol–water partition coefficient (Wildman–Crippen LogP) is 3.60. The first kappa shape index (κ1) is 22.9. The third kappa shape index (κ3) is 5.22. The largest absolute Gasteiger partial charge is 0.359 e. The number of nitrogens with one attached hydrogen (secondary N) is 2. The van der Waals surface area contributed by atoms with Gasteiger partial charge < -0.3 is 21.3 Å². The number of anilines is 1. The van der Waals surface area contributed by atoms with E-state index in [0.29, 0.717) is 28.9 Å². The van der Waals surface area contributed by atoms with Crippen LogP contribution in [0.1, 0.15) is 22.3 Å². The number of benzodiazepines with no additional fused rings is 1. The lowest BCUT2D eigenvalue weighted by atomic mass is 10.0. The van der Waals surface area contributed by atoms with Gasteiger partial charge in [0.15, 0.2) is 5.11 Å². The highest BCUT2D eigenvalue weighted by Gasteiger charge is 2.30. The van der Waals surface area contributed by atoms with Crippen LogP contribution < -0.4 is 21.3 Å². The number of rotatable bonds is 5. The fourth-order valence-corrected chi connectivity index (χ4v) is 3.97. The number of fused-ring (bicyclic) bond motifs is 1. The van der Waals surface area contributed by atoms with Gasteiger partial charge in [0.05, 0.1) is 11.4 Å². The van der Waals surface area contributed by atoms with Crippen LogP contribution in [0.5, 0.6) is 0 Å². The second-order valence-electron chi connectivity index (χ2n) is 7.65. The summed E-state index contributed by atoms with van der Waals surface area (Å²) in [4.78, 5) is 19.6. The van der Waals surface area contributed by atoms with E-state index in [1.165, 1.54) is 0 Å². The molecule has 1 aliphatic heterocycles. The van der Waals surface area contributed by atoms with Gasteiger partial charge in [-0.25, -0.2) is 4.99 Å². The Morgan fingerprint density at radius 3 is 2.48 bits per heavy atom. The average Bonchev–Trinajstić information content (AvgIpc) is 2.94. The van der Waals surface area contributed by atoms with Crippen LogP contribution >= 0.6 is 23.8 Å². The molecule has 0 spiro atoms. The molecular formula is C25H24ClN5OS. The van der Waals surface area contributed by atoms with Gasteiger partial charge in [0.25, 0.3) is 5.91 Å². The van der Waals surface area contributed by atoms with E-state index >= 15 is 0 Å². The molecule has 8 heteroatoms. The van der Waals surface area contributed by atoms with Gasteiger partial charge in [0, 0.05) is 36.3 Å². The molecule has 0 radical (unpaired) electrons. The zero-order chi connectivity index (χ0) is 23.4. The van der Waals surface area contributed by atoms with Crippen LogP contribution in [0, 0.1) is 0 Å². The van der Waals surface area contributed by atoms with E-state index in [0.717, 1.165) is 27.9 Å². The molecule has 1 aliphatic rings. The number of likely N-dealkylation sites (N-methyl/N-ethyl adjacent to an activating group) is 1. The van der Waals surface area contributed by atoms with Crippen LogP contribution in [0.3, 0.4) is 0 Å². The third-order valence-corrected chi connectivity index (χ3v) is 5.92. The molecule has 0 aromatic heterocycles. The Morgan fingerprint density at radius 2 is 1.79 bits per heavy atom. The van der Waals surface area contributed by atoms with Gasteiger partial charge in [-0.15, -0.1) is 0 Å². The standard InChI is InChI=1S/C25H24ClN5OS/c1-31-21-12-11-19(26)13-20(21)22(18-5-3-2-4-6-18)29-23(24(31)32)30-25(33)28-15-17-9-7-16(14-27)8-10-17/h2-13,23H,14-15,27H2,1H3,(H2,28,30,33). The number of benzene rings is 3. The normalized spacial score (nSPS) is 15.4. The smallest absolute Gasteiger partial charge is 0.272 e. The highest BCUT2D eigenvalue weighted by Crippen LogP contribution is 2.29. The maximum absolute atomic E-state index is 13.3. The number of aliphatic imine (C=N–C) groups is 1. The number of amides is 1. The molecule has 0 fully saturated rings. The zero-order valence-corrected chi connectivity index (χ0v) is 19.7. The lowest BCUT2D eigenvalue weighted by Gasteiger charge is -2.22. The molecule has 1 amide bonds. The van der Waals surface area contributed by atoms with Crippen molar-refractivity contribution in [2.45, 2.75) is 19.3 Å². The van der Waals surface area contributed by atoms with Crippen molar-refractivity contribution in [2.75, 3.05) is 11.9 Å². The maximum Gasteiger partial charge on any atom is 0.272 e. The summed E-state index contributed by atoms with van der Waals surface area (Å²) >= 11 is 11.8. The Morgan fingerprint density at radius 1 is 1.09 bits per heavy atom. The number of hydrogen-bond acceptors (Lipinski definition) is 4. The number of thiocarbonyl (C=S) groups is 1. The van der Waals surface area contributed by atoms with Crippen LogP contribution in [-0.2, 0) is 17.9 Å². The molecule has 1 heterocycles. The van der Waals surface area contributed by atoms with Gasteiger partial charge in [-0.05, 0) is 41.5 Å². The van der Waals surface area contributed by atoms with Gasteiger partial charge in [0.1, 0.15) is 0 Å². The molecule has 1 unspecified atom stereocenters. The number of nitrogens with two attached hydrogens (primary N) is 1. The van der Waals surface area contributed by atoms with E-state index in [4.69, 9.17) is 34.5 Å². The summed E-state index contributed by atoms with van der Waals surface area (Å²) in [7, 11) is 1.72. The average molecular weight is 478 g/mol. The number of carbonyl (C=O) groups is 1. The lowest BCUT2D eigenvalue weighted by molar-refractivity contribution is -0.119. The van der Waals surface area contributed by atoms with Gasteiger partial charge in [-0.1, -0.05) is 66.2 Å². The Bertz CT molecular complexity index is 1200. The molecule has 33 heavy (non-hydrogen) atoms. The van der Waals surface area contributed by atoms with Crippen LogP contribution in [0.15, 0.2) is 77.8 Å². The van der Waals surface area contributed by atoms with Crippen LogP contribution in [0.2, 0.25) is 5.02 Å². The summed E-state index contributed by atoms with van der Waals surface area (Å²) in [6.07, 6.45) is -0.893. The monoisotopic (exact) mass is 477 g/mol. The first-order chi connectivity index (χ1) is 16.0. The number of halogens is 1. The van der Waals surface area contributed by atoms with Crippen molar-refractivity contribution in [1.29, 1.82) is 0 Å². The van der Waals surface area contributed by atoms with Gasteiger partial charge in [0.2, 0.25) is 6.17 Å². The van der Waals surface area contributed by atoms with Crippen LogP contribution in [0.4, 0.5) is 5.69 Å². The summed E-state index contributed by atoms with van der Waals surface area (Å²) in [6, 6.07) is 23.1. The van der Waals surface area contributed by atoms with Crippen molar-refractivity contribution in [3.05, 3.63) is 100 Å². The van der Waals surface area contributed by atoms with E-state index in [-0.39, 0.29) is 5.91 Å². The maximum atomic E-state index is 13.3. The first-order valence-electron chi connectivity index (χ1n) is 10.5. The van der Waals surface area contributed by atoms with Crippen molar-refractivity contribution >= 4 is 46.2 Å². The van der Waals surface area contributed by atoms with E-state index in [9.17, 15) is 4.79 Å². The molecule has 3 aromatic rings. The predicted molar refractivity (Wildman–Crippen MR) is 138 cm³/mol. The van der Waals surface area contributed by atoms with Gasteiger partial charge in [-0.3, -0.25) is 4.79 Å². The molecule has 0 aliphatic carbocycles. The Hall–Kier alpha value is -3.26. The minimum atomic E-state index is -0.893. The second-order valence-corrected chi connectivity index (χ2v) is 8.50. The highest BCUT2D eigenvalue weighted by molar-refractivity contribution is 7.80. The number of hydrogen-bond donors (Lipinski definition) is 3. The SMILES string of the molecule is CN1C(=O)C(NC(=S)NCc2ccc(CN)cc2)N=C(c2ccccc2)c2cc(Cl)ccc21. The molecule has 6 nitrogen and oxygen atoms in total. The van der Waals surface area contributed by atoms with Crippen molar-refractivity contribution in [3.63, 3.8) is 0 Å². The second kappa shape index (κ2) is 10.1. The Kier molecular flexibility index (Phi) is 7.03. The summed E-state index contributed by atoms with van der Waals surface area (Å²) in [5.74, 6) is -0.221. The summed E-state index contributed by atoms with van der Waals surface area (Å²) in [5, 5.41) is 7.13. The van der Waals surface area contributed by atoms with Crippen molar-refractivity contribution < 1.29 is 4.79 Å². The lowest BCUT2D eigenvalue weighted by Crippen LogP contribution is -2.49. The van der Waals surface area contributed by atoms with Gasteiger partial charge >= 0.3 is 0 Å². The molecule has 1 atom stereocenters. The third-order valence-electron chi connectivity index (χ3n) is 5.42. The molecule has 4 rings (SSSR count). The minimum Gasteiger partial charge on any atom is -0.359 e. The van der Waals surface area contributed by atoms with E-state index < -0.39 is 6.17 Å². The summed E-state index contributed by atoms with van der Waals surface area (Å²) in [6.45, 7) is 1.01. The minimum absolute atomic E-state index is 0.221. The molecule has 0 saturated carbocycles. The number of carbonyl (C=O) groups excluding carboxylic acids is 1. The number of nitrogens with zero attached hydrogens (tertiary/aromatic N) is 2. The topological polar surface area (TPSA) is 82.8 Å². The molecule has 0 saturated heterocycles. The highest BCUT2D eigenvalue weighted by atomic mass is 35.5. The summed E-state index contributed by atoms with van der Waals surface area (Å²) < 4.78 is 0. The van der Waals surface area contributed by atoms with E-state index in [1.807, 2.05) is 66.7 Å². The fourth-order valence-electron chi connectivity index (χ4n) is 3.62. The Labute approximate surface area is 203 Å². The fraction of sp³-hybridized carbons (Fsp3) is 0.160. The van der Waals surface area contributed by atoms with E-state index in [2.05, 4.69) is 10.6 Å². The van der Waals surface area contributed by atoms with Gasteiger partial charge in [-0.2, -0.15) is 0 Å².